The number of rotatable bonds is 10. The van der Waals surface area contributed by atoms with Crippen molar-refractivity contribution in [2.24, 2.45) is 5.73 Å². The predicted octanol–water partition coefficient (Wildman–Crippen LogP) is 4.47. The van der Waals surface area contributed by atoms with Crippen molar-refractivity contribution >= 4 is 0 Å². The van der Waals surface area contributed by atoms with Crippen LogP contribution in [0.2, 0.25) is 0 Å². The standard InChI is InChI=1S/C19H32N2/c1-3-5-13-21(14-6-4-2)19(15-20)18-10-8-7-9-17(18)16-11-12-16/h7-10,16,19H,3-6,11-15,20H2,1-2H3. The molecule has 1 fully saturated rings. The quantitative estimate of drug-likeness (QED) is 0.688. The SMILES string of the molecule is CCCCN(CCCC)C(CN)c1ccccc1C1CC1. The van der Waals surface area contributed by atoms with Crippen molar-refractivity contribution in [1.29, 1.82) is 0 Å². The number of hydrogen-bond acceptors (Lipinski definition) is 2. The Labute approximate surface area is 130 Å². The van der Waals surface area contributed by atoms with Crippen molar-refractivity contribution < 1.29 is 0 Å². The van der Waals surface area contributed by atoms with E-state index in [1.54, 1.807) is 5.56 Å². The van der Waals surface area contributed by atoms with Crippen molar-refractivity contribution in [2.75, 3.05) is 19.6 Å². The molecule has 1 aromatic carbocycles. The monoisotopic (exact) mass is 288 g/mol. The Bertz CT molecular complexity index is 404. The number of unbranched alkanes of at least 4 members (excludes halogenated alkanes) is 2. The summed E-state index contributed by atoms with van der Waals surface area (Å²) in [4.78, 5) is 2.63. The van der Waals surface area contributed by atoms with Gasteiger partial charge in [-0.25, -0.2) is 0 Å². The summed E-state index contributed by atoms with van der Waals surface area (Å²) in [6, 6.07) is 9.41. The lowest BCUT2D eigenvalue weighted by Gasteiger charge is -2.32. The highest BCUT2D eigenvalue weighted by Crippen LogP contribution is 2.43. The van der Waals surface area contributed by atoms with Gasteiger partial charge in [0.15, 0.2) is 0 Å². The van der Waals surface area contributed by atoms with Gasteiger partial charge in [-0.1, -0.05) is 51.0 Å². The van der Waals surface area contributed by atoms with E-state index >= 15 is 0 Å². The maximum absolute atomic E-state index is 6.20. The molecule has 0 aromatic heterocycles. The molecule has 1 unspecified atom stereocenters. The van der Waals surface area contributed by atoms with Gasteiger partial charge < -0.3 is 5.73 Å². The number of hydrogen-bond donors (Lipinski definition) is 1. The maximum Gasteiger partial charge on any atom is 0.0473 e. The Kier molecular flexibility index (Phi) is 6.72. The van der Waals surface area contributed by atoms with Crippen LogP contribution >= 0.6 is 0 Å². The number of nitrogens with two attached hydrogens (primary N) is 1. The molecule has 1 aromatic rings. The molecular weight excluding hydrogens is 256 g/mol. The summed E-state index contributed by atoms with van der Waals surface area (Å²) < 4.78 is 0. The van der Waals surface area contributed by atoms with Crippen LogP contribution in [0.25, 0.3) is 0 Å². The fraction of sp³-hybridized carbons (Fsp3) is 0.684. The smallest absolute Gasteiger partial charge is 0.0473 e. The lowest BCUT2D eigenvalue weighted by molar-refractivity contribution is 0.194. The van der Waals surface area contributed by atoms with E-state index in [-0.39, 0.29) is 0 Å². The highest BCUT2D eigenvalue weighted by Gasteiger charge is 2.29. The van der Waals surface area contributed by atoms with Crippen LogP contribution in [0.3, 0.4) is 0 Å². The summed E-state index contributed by atoms with van der Waals surface area (Å²) >= 11 is 0. The van der Waals surface area contributed by atoms with Crippen molar-refractivity contribution in [3.63, 3.8) is 0 Å². The van der Waals surface area contributed by atoms with Gasteiger partial charge >= 0.3 is 0 Å². The van der Waals surface area contributed by atoms with Gasteiger partial charge in [0.05, 0.1) is 0 Å². The first-order valence-corrected chi connectivity index (χ1v) is 8.84. The molecule has 2 rings (SSSR count). The lowest BCUT2D eigenvalue weighted by Crippen LogP contribution is -2.36. The lowest BCUT2D eigenvalue weighted by atomic mass is 9.95. The molecular formula is C19H32N2. The minimum absolute atomic E-state index is 0.403. The zero-order valence-corrected chi connectivity index (χ0v) is 13.9. The Hall–Kier alpha value is -0.860. The second kappa shape index (κ2) is 8.55. The van der Waals surface area contributed by atoms with E-state index in [0.29, 0.717) is 6.04 Å². The molecule has 118 valence electrons. The molecule has 21 heavy (non-hydrogen) atoms. The molecule has 0 bridgehead atoms. The first-order chi connectivity index (χ1) is 10.3. The molecule has 0 heterocycles. The first kappa shape index (κ1) is 16.5. The zero-order valence-electron chi connectivity index (χ0n) is 13.9. The fourth-order valence-corrected chi connectivity index (χ4v) is 3.20. The summed E-state index contributed by atoms with van der Waals surface area (Å²) in [6.45, 7) is 7.63. The van der Waals surface area contributed by atoms with Crippen LogP contribution < -0.4 is 5.73 Å². The molecule has 2 heteroatoms. The van der Waals surface area contributed by atoms with E-state index in [1.807, 2.05) is 0 Å². The van der Waals surface area contributed by atoms with Crippen molar-refractivity contribution in [1.82, 2.24) is 4.90 Å². The highest BCUT2D eigenvalue weighted by molar-refractivity contribution is 5.35. The Balaban J connectivity index is 2.17. The number of nitrogens with zero attached hydrogens (tertiary/aromatic N) is 1. The molecule has 0 spiro atoms. The third-order valence-electron chi connectivity index (χ3n) is 4.63. The van der Waals surface area contributed by atoms with E-state index in [1.165, 1.54) is 57.2 Å². The van der Waals surface area contributed by atoms with E-state index in [4.69, 9.17) is 5.73 Å². The van der Waals surface area contributed by atoms with E-state index in [0.717, 1.165) is 12.5 Å². The molecule has 2 N–H and O–H groups in total. The number of benzene rings is 1. The maximum atomic E-state index is 6.20. The van der Waals surface area contributed by atoms with E-state index < -0.39 is 0 Å². The second-order valence-electron chi connectivity index (χ2n) is 6.40. The van der Waals surface area contributed by atoms with Gasteiger partial charge in [-0.15, -0.1) is 0 Å². The summed E-state index contributed by atoms with van der Waals surface area (Å²) in [5.74, 6) is 0.800. The van der Waals surface area contributed by atoms with Crippen LogP contribution in [-0.2, 0) is 0 Å². The van der Waals surface area contributed by atoms with Crippen LogP contribution in [0.15, 0.2) is 24.3 Å². The second-order valence-corrected chi connectivity index (χ2v) is 6.40. The van der Waals surface area contributed by atoms with Crippen molar-refractivity contribution in [3.05, 3.63) is 35.4 Å². The van der Waals surface area contributed by atoms with E-state index in [2.05, 4.69) is 43.0 Å². The minimum Gasteiger partial charge on any atom is -0.329 e. The molecule has 0 amide bonds. The Morgan fingerprint density at radius 2 is 1.71 bits per heavy atom. The molecule has 0 aliphatic heterocycles. The van der Waals surface area contributed by atoms with Crippen LogP contribution in [0.4, 0.5) is 0 Å². The first-order valence-electron chi connectivity index (χ1n) is 8.84. The van der Waals surface area contributed by atoms with Crippen LogP contribution in [0, 0.1) is 0 Å². The molecule has 1 aliphatic rings. The summed E-state index contributed by atoms with van der Waals surface area (Å²) in [5, 5.41) is 0. The molecule has 1 aliphatic carbocycles. The largest absolute Gasteiger partial charge is 0.329 e. The van der Waals surface area contributed by atoms with Crippen LogP contribution in [0.5, 0.6) is 0 Å². The molecule has 1 saturated carbocycles. The van der Waals surface area contributed by atoms with Crippen molar-refractivity contribution in [2.45, 2.75) is 64.3 Å². The van der Waals surface area contributed by atoms with Gasteiger partial charge in [0.25, 0.3) is 0 Å². The van der Waals surface area contributed by atoms with Gasteiger partial charge in [-0.3, -0.25) is 4.90 Å². The van der Waals surface area contributed by atoms with Crippen LogP contribution in [0.1, 0.15) is 75.5 Å². The Morgan fingerprint density at radius 3 is 2.24 bits per heavy atom. The third-order valence-corrected chi connectivity index (χ3v) is 4.63. The van der Waals surface area contributed by atoms with Gasteiger partial charge in [-0.2, -0.15) is 0 Å². The molecule has 2 nitrogen and oxygen atoms in total. The average Bonchev–Trinajstić information content (AvgIpc) is 3.35. The summed E-state index contributed by atoms with van der Waals surface area (Å²) in [5.41, 5.74) is 9.25. The summed E-state index contributed by atoms with van der Waals surface area (Å²) in [6.07, 6.45) is 7.77. The van der Waals surface area contributed by atoms with Crippen LogP contribution in [-0.4, -0.2) is 24.5 Å². The van der Waals surface area contributed by atoms with Gasteiger partial charge in [0, 0.05) is 12.6 Å². The topological polar surface area (TPSA) is 29.3 Å². The van der Waals surface area contributed by atoms with Gasteiger partial charge in [-0.05, 0) is 55.8 Å². The van der Waals surface area contributed by atoms with Gasteiger partial charge in [0.2, 0.25) is 0 Å². The minimum atomic E-state index is 0.403. The Morgan fingerprint density at radius 1 is 1.10 bits per heavy atom. The van der Waals surface area contributed by atoms with Gasteiger partial charge in [0.1, 0.15) is 0 Å². The highest BCUT2D eigenvalue weighted by atomic mass is 15.2. The normalized spacial score (nSPS) is 16.4. The zero-order chi connectivity index (χ0) is 15.1. The average molecular weight is 288 g/mol. The molecule has 0 radical (unpaired) electrons. The summed E-state index contributed by atoms with van der Waals surface area (Å²) in [7, 11) is 0. The third kappa shape index (κ3) is 4.55. The van der Waals surface area contributed by atoms with Crippen molar-refractivity contribution in [3.8, 4) is 0 Å². The molecule has 0 saturated heterocycles. The van der Waals surface area contributed by atoms with E-state index in [9.17, 15) is 0 Å². The predicted molar refractivity (Wildman–Crippen MR) is 91.6 cm³/mol. The molecule has 1 atom stereocenters. The fourth-order valence-electron chi connectivity index (χ4n) is 3.20.